The molecule has 0 aliphatic carbocycles. The molecule has 2 aromatic rings. The van der Waals surface area contributed by atoms with Gasteiger partial charge in [-0.1, -0.05) is 0 Å². The Hall–Kier alpha value is -2.01. The average molecular weight is 261 g/mol. The maximum Gasteiger partial charge on any atom is 0.142 e. The van der Waals surface area contributed by atoms with Gasteiger partial charge in [-0.15, -0.1) is 0 Å². The molecule has 2 rings (SSSR count). The Balaban J connectivity index is 2.10. The standard InChI is InChI=1S/C14H16FN3O/c1-10-3-4-14(13(18-10)8-16-2)19-9-11-5-12(15)7-17-6-11/h3-7,16H,8-9H2,1-2H3. The van der Waals surface area contributed by atoms with Crippen molar-refractivity contribution in [1.29, 1.82) is 0 Å². The molecule has 0 amide bonds. The highest BCUT2D eigenvalue weighted by molar-refractivity contribution is 5.29. The summed E-state index contributed by atoms with van der Waals surface area (Å²) in [5.41, 5.74) is 2.47. The van der Waals surface area contributed by atoms with E-state index in [9.17, 15) is 4.39 Å². The maximum atomic E-state index is 13.0. The van der Waals surface area contributed by atoms with Crippen molar-refractivity contribution < 1.29 is 9.13 Å². The fourth-order valence-corrected chi connectivity index (χ4v) is 1.72. The summed E-state index contributed by atoms with van der Waals surface area (Å²) in [5.74, 6) is 0.336. The van der Waals surface area contributed by atoms with Crippen LogP contribution in [0.3, 0.4) is 0 Å². The van der Waals surface area contributed by atoms with Crippen molar-refractivity contribution in [2.75, 3.05) is 7.05 Å². The van der Waals surface area contributed by atoms with Crippen LogP contribution < -0.4 is 10.1 Å². The number of hydrogen-bond donors (Lipinski definition) is 1. The molecule has 2 heterocycles. The van der Waals surface area contributed by atoms with E-state index in [1.165, 1.54) is 12.3 Å². The number of nitrogens with zero attached hydrogens (tertiary/aromatic N) is 2. The Morgan fingerprint density at radius 3 is 2.89 bits per heavy atom. The molecular formula is C14H16FN3O. The number of pyridine rings is 2. The van der Waals surface area contributed by atoms with Gasteiger partial charge in [0.2, 0.25) is 0 Å². The second kappa shape index (κ2) is 6.24. The highest BCUT2D eigenvalue weighted by atomic mass is 19.1. The lowest BCUT2D eigenvalue weighted by atomic mass is 10.2. The minimum atomic E-state index is -0.362. The van der Waals surface area contributed by atoms with E-state index < -0.39 is 0 Å². The van der Waals surface area contributed by atoms with Gasteiger partial charge in [-0.05, 0) is 32.2 Å². The molecular weight excluding hydrogens is 245 g/mol. The molecule has 0 aliphatic heterocycles. The molecule has 19 heavy (non-hydrogen) atoms. The number of halogens is 1. The normalized spacial score (nSPS) is 10.5. The van der Waals surface area contributed by atoms with Crippen molar-refractivity contribution in [1.82, 2.24) is 15.3 Å². The topological polar surface area (TPSA) is 47.0 Å². The monoisotopic (exact) mass is 261 g/mol. The van der Waals surface area contributed by atoms with Crippen LogP contribution in [0, 0.1) is 12.7 Å². The van der Waals surface area contributed by atoms with E-state index in [0.29, 0.717) is 17.9 Å². The summed E-state index contributed by atoms with van der Waals surface area (Å²) in [7, 11) is 1.85. The van der Waals surface area contributed by atoms with Crippen molar-refractivity contribution in [3.8, 4) is 5.75 Å². The molecule has 0 saturated heterocycles. The molecule has 0 aromatic carbocycles. The highest BCUT2D eigenvalue weighted by Gasteiger charge is 2.06. The molecule has 0 radical (unpaired) electrons. The Bertz CT molecular complexity index is 560. The second-order valence-electron chi connectivity index (χ2n) is 4.23. The number of hydrogen-bond acceptors (Lipinski definition) is 4. The molecule has 0 aliphatic rings. The molecule has 5 heteroatoms. The van der Waals surface area contributed by atoms with Gasteiger partial charge >= 0.3 is 0 Å². The van der Waals surface area contributed by atoms with Crippen molar-refractivity contribution in [3.63, 3.8) is 0 Å². The first-order valence-electron chi connectivity index (χ1n) is 6.02. The molecule has 4 nitrogen and oxygen atoms in total. The molecule has 2 aromatic heterocycles. The van der Waals surface area contributed by atoms with E-state index in [4.69, 9.17) is 4.74 Å². The second-order valence-corrected chi connectivity index (χ2v) is 4.23. The molecule has 0 spiro atoms. The van der Waals surface area contributed by atoms with E-state index in [1.807, 2.05) is 26.1 Å². The molecule has 0 saturated carbocycles. The number of rotatable bonds is 5. The lowest BCUT2D eigenvalue weighted by Gasteiger charge is -2.11. The molecule has 1 N–H and O–H groups in total. The summed E-state index contributed by atoms with van der Waals surface area (Å²) in [5, 5.41) is 3.04. The predicted octanol–water partition coefficient (Wildman–Crippen LogP) is 2.22. The molecule has 0 bridgehead atoms. The first-order valence-corrected chi connectivity index (χ1v) is 6.02. The first-order chi connectivity index (χ1) is 9.19. The van der Waals surface area contributed by atoms with Crippen LogP contribution >= 0.6 is 0 Å². The summed E-state index contributed by atoms with van der Waals surface area (Å²) < 4.78 is 18.7. The van der Waals surface area contributed by atoms with Crippen LogP contribution in [0.4, 0.5) is 4.39 Å². The zero-order chi connectivity index (χ0) is 13.7. The van der Waals surface area contributed by atoms with Crippen LogP contribution in [-0.4, -0.2) is 17.0 Å². The minimum Gasteiger partial charge on any atom is -0.487 e. The zero-order valence-electron chi connectivity index (χ0n) is 11.0. The summed E-state index contributed by atoms with van der Waals surface area (Å²) in [6, 6.07) is 5.17. The van der Waals surface area contributed by atoms with Gasteiger partial charge in [0.05, 0.1) is 11.9 Å². The highest BCUT2D eigenvalue weighted by Crippen LogP contribution is 2.18. The Kier molecular flexibility index (Phi) is 4.41. The zero-order valence-corrected chi connectivity index (χ0v) is 11.0. The Labute approximate surface area is 111 Å². The third-order valence-electron chi connectivity index (χ3n) is 2.57. The van der Waals surface area contributed by atoms with Crippen molar-refractivity contribution in [2.24, 2.45) is 0 Å². The fraction of sp³-hybridized carbons (Fsp3) is 0.286. The summed E-state index contributed by atoms with van der Waals surface area (Å²) in [6.45, 7) is 2.82. The van der Waals surface area contributed by atoms with Crippen LogP contribution in [0.15, 0.2) is 30.6 Å². The lowest BCUT2D eigenvalue weighted by molar-refractivity contribution is 0.299. The molecule has 0 unspecified atom stereocenters. The minimum absolute atomic E-state index is 0.270. The molecule has 0 atom stereocenters. The number of aromatic nitrogens is 2. The van der Waals surface area contributed by atoms with Gasteiger partial charge in [0.25, 0.3) is 0 Å². The number of ether oxygens (including phenoxy) is 1. The fourth-order valence-electron chi connectivity index (χ4n) is 1.72. The van der Waals surface area contributed by atoms with Crippen LogP contribution in [-0.2, 0) is 13.2 Å². The number of nitrogens with one attached hydrogen (secondary N) is 1. The van der Waals surface area contributed by atoms with Gasteiger partial charge < -0.3 is 10.1 Å². The smallest absolute Gasteiger partial charge is 0.142 e. The van der Waals surface area contributed by atoms with Crippen LogP contribution in [0.5, 0.6) is 5.75 Å². The SMILES string of the molecule is CNCc1nc(C)ccc1OCc1cncc(F)c1. The van der Waals surface area contributed by atoms with Gasteiger partial charge in [-0.25, -0.2) is 4.39 Å². The Morgan fingerprint density at radius 2 is 2.16 bits per heavy atom. The van der Waals surface area contributed by atoms with Gasteiger partial charge in [0, 0.05) is 24.0 Å². The third-order valence-corrected chi connectivity index (χ3v) is 2.57. The van der Waals surface area contributed by atoms with Crippen molar-refractivity contribution >= 4 is 0 Å². The van der Waals surface area contributed by atoms with E-state index in [1.54, 1.807) is 6.20 Å². The quantitative estimate of drug-likeness (QED) is 0.896. The van der Waals surface area contributed by atoms with E-state index in [2.05, 4.69) is 15.3 Å². The van der Waals surface area contributed by atoms with Crippen LogP contribution in [0.25, 0.3) is 0 Å². The van der Waals surface area contributed by atoms with Crippen LogP contribution in [0.2, 0.25) is 0 Å². The summed E-state index contributed by atoms with van der Waals surface area (Å²) in [6.07, 6.45) is 2.76. The maximum absolute atomic E-state index is 13.0. The third kappa shape index (κ3) is 3.72. The summed E-state index contributed by atoms with van der Waals surface area (Å²) >= 11 is 0. The predicted molar refractivity (Wildman–Crippen MR) is 70.3 cm³/mol. The van der Waals surface area contributed by atoms with E-state index >= 15 is 0 Å². The van der Waals surface area contributed by atoms with Gasteiger partial charge in [-0.3, -0.25) is 9.97 Å². The van der Waals surface area contributed by atoms with E-state index in [-0.39, 0.29) is 12.4 Å². The van der Waals surface area contributed by atoms with Gasteiger partial charge in [0.15, 0.2) is 0 Å². The van der Waals surface area contributed by atoms with Crippen molar-refractivity contribution in [3.05, 3.63) is 53.4 Å². The average Bonchev–Trinajstić information content (AvgIpc) is 2.38. The van der Waals surface area contributed by atoms with Gasteiger partial charge in [0.1, 0.15) is 18.2 Å². The van der Waals surface area contributed by atoms with Gasteiger partial charge in [-0.2, -0.15) is 0 Å². The number of aryl methyl sites for hydroxylation is 1. The van der Waals surface area contributed by atoms with Crippen LogP contribution in [0.1, 0.15) is 17.0 Å². The first kappa shape index (κ1) is 13.4. The largest absolute Gasteiger partial charge is 0.487 e. The molecule has 0 fully saturated rings. The summed E-state index contributed by atoms with van der Waals surface area (Å²) in [4.78, 5) is 8.20. The molecule has 100 valence electrons. The van der Waals surface area contributed by atoms with E-state index in [0.717, 1.165) is 11.4 Å². The Morgan fingerprint density at radius 1 is 1.32 bits per heavy atom. The van der Waals surface area contributed by atoms with Crippen molar-refractivity contribution in [2.45, 2.75) is 20.1 Å². The lowest BCUT2D eigenvalue weighted by Crippen LogP contribution is -2.10.